The van der Waals surface area contributed by atoms with Gasteiger partial charge in [-0.2, -0.15) is 37.0 Å². The third-order valence-electron chi connectivity index (χ3n) is 19.6. The second kappa shape index (κ2) is 55.6. The topological polar surface area (TPSA) is 759 Å². The van der Waals surface area contributed by atoms with Gasteiger partial charge in [-0.15, -0.1) is 0 Å². The van der Waals surface area contributed by atoms with Gasteiger partial charge in [0.1, 0.15) is 90.6 Å². The van der Waals surface area contributed by atoms with Crippen molar-refractivity contribution in [2.45, 2.75) is 256 Å². The number of nitrogens with two attached hydrogens (primary N) is 4. The van der Waals surface area contributed by atoms with Gasteiger partial charge in [-0.25, -0.2) is 4.98 Å². The molecule has 1 aliphatic heterocycles. The van der Waals surface area contributed by atoms with Crippen molar-refractivity contribution < 1.29 is 116 Å². The summed E-state index contributed by atoms with van der Waals surface area (Å²) in [6.07, 6.45) is -1.24. The summed E-state index contributed by atoms with van der Waals surface area (Å²) < 4.78 is 0. The lowest BCUT2D eigenvalue weighted by molar-refractivity contribution is -0.144. The molecular weight excluding hydrogens is 1700 g/mol. The standard InChI is InChI=1S/C75H123N23O24S3/c1-11-37(8)59(97-69(117)50(32-124)93-63(111)44(18-21-55(104)105)87-70(118)51-15-13-24-98(51)74(122)48(28-53(77)101)92-61(109)42(84-38(9)99)17-20-54(102)103)73(121)91-45(26-34(2)3)65(113)90-47(29-56(106)107)66(114)94-49(31-123)68(116)89-46(27-39-30-81-33-83-39)67(115)96-58(36(6)7)72(120)88-43(16-19-52(76)100)62(110)86-41(14-12-23-82-75(79)80)64(112)95-57(35(4)5)71(119)85-40(60(78)108)22-25-125-10/h30,33-37,40-51,57-59,123-124H,11-29,31-32H2,1-10H3,(H2,76,100)(H2,77,101)(H2,78,108)(H,81,83)(H,84,99)(H,85,119)(H,86,110)(H,87,118)(H,88,120)(H,89,116)(H,90,113)(H,91,121)(H,92,109)(H,93,111)(H,94,114)(H,95,112)(H,96,115)(H,97,117)(H,102,103)(H,104,105)(H,106,107)(H4,79,80,82)/t37-,40-,41-,42-,43-,44-,45-,46-,47-,48-,49-,50-,51-,57-,58-,59-/m0/s1. The number of rotatable bonds is 59. The molecule has 0 spiro atoms. The summed E-state index contributed by atoms with van der Waals surface area (Å²) in [5.74, 6) is -26.4. The summed E-state index contributed by atoms with van der Waals surface area (Å²) in [5, 5.41) is 73.4. The van der Waals surface area contributed by atoms with Gasteiger partial charge in [-0.3, -0.25) is 106 Å². The zero-order valence-electron chi connectivity index (χ0n) is 71.4. The van der Waals surface area contributed by atoms with E-state index in [9.17, 15) is 116 Å². The third kappa shape index (κ3) is 39.9. The molecule has 0 bridgehead atoms. The molecule has 28 N–H and O–H groups in total. The minimum absolute atomic E-state index is 0.0251. The molecular formula is C75H123N23O24S3. The summed E-state index contributed by atoms with van der Waals surface area (Å²) in [5.41, 5.74) is 22.1. The van der Waals surface area contributed by atoms with Crippen LogP contribution in [0.2, 0.25) is 0 Å². The minimum atomic E-state index is -2.03. The number of hydrogen-bond acceptors (Lipinski definition) is 26. The van der Waals surface area contributed by atoms with E-state index in [1.54, 1.807) is 40.9 Å². The highest BCUT2D eigenvalue weighted by molar-refractivity contribution is 7.98. The van der Waals surface area contributed by atoms with Crippen molar-refractivity contribution in [3.8, 4) is 0 Å². The number of nitrogens with zero attached hydrogens (tertiary/aromatic N) is 2. The maximum atomic E-state index is 14.6. The first-order valence-corrected chi connectivity index (χ1v) is 43.1. The number of likely N-dealkylation sites (tertiary alicyclic amines) is 1. The zero-order valence-corrected chi connectivity index (χ0v) is 74.0. The van der Waals surface area contributed by atoms with E-state index in [2.05, 4.69) is 115 Å². The quantitative estimate of drug-likeness (QED) is 0.0125. The van der Waals surface area contributed by atoms with Crippen LogP contribution in [0.15, 0.2) is 12.5 Å². The summed E-state index contributed by atoms with van der Waals surface area (Å²) in [7, 11) is 0. The van der Waals surface area contributed by atoms with Crippen LogP contribution in [-0.4, -0.2) is 288 Å². The molecule has 1 fully saturated rings. The van der Waals surface area contributed by atoms with Crippen LogP contribution in [0.4, 0.5) is 0 Å². The lowest BCUT2D eigenvalue weighted by Gasteiger charge is -2.31. The Bertz CT molecular complexity index is 3960. The molecule has 1 aromatic rings. The monoisotopic (exact) mass is 1830 g/mol. The van der Waals surface area contributed by atoms with Gasteiger partial charge in [-0.1, -0.05) is 61.8 Å². The van der Waals surface area contributed by atoms with Crippen LogP contribution in [0.3, 0.4) is 0 Å². The number of nitrogens with one attached hydrogen (secondary N) is 17. The molecule has 1 aliphatic rings. The molecule has 16 atom stereocenters. The van der Waals surface area contributed by atoms with Crippen LogP contribution in [0.25, 0.3) is 0 Å². The Morgan fingerprint density at radius 2 is 0.928 bits per heavy atom. The highest BCUT2D eigenvalue weighted by Gasteiger charge is 2.43. The number of amides is 18. The Morgan fingerprint density at radius 3 is 1.39 bits per heavy atom. The van der Waals surface area contributed by atoms with Gasteiger partial charge in [0, 0.05) is 63.4 Å². The fourth-order valence-electron chi connectivity index (χ4n) is 12.6. The molecule has 2 rings (SSSR count). The molecule has 1 saturated heterocycles. The lowest BCUT2D eigenvalue weighted by Crippen LogP contribution is -2.62. The average Bonchev–Trinajstić information content (AvgIpc) is 1.75. The Labute approximate surface area is 736 Å². The van der Waals surface area contributed by atoms with Gasteiger partial charge in [0.15, 0.2) is 5.96 Å². The second-order valence-electron chi connectivity index (χ2n) is 31.0. The SMILES string of the molecule is CC[C@H](C)[C@H](NC(=O)[C@H](CS)NC(=O)[C@H](CCC(=O)O)NC(=O)[C@@H]1CCCN1C(=O)[C@H](CC(N)=O)NC(=O)[C@H](CCC(=O)O)NC(C)=O)C(=O)N[C@@H](CC(C)C)C(=O)N[C@@H](CC(=O)O)C(=O)N[C@@H](CS)C(=O)N[C@@H](Cc1c[nH]cn1)C(=O)N[C@H](C(=O)N[C@@H](CCC(N)=O)C(=O)N[C@@H](CCCNC(=N)N)C(=O)N[C@H](C(=O)N[C@@H](CCSC)C(N)=O)C(C)C)C(C)C. The first-order valence-electron chi connectivity index (χ1n) is 40.4. The van der Waals surface area contributed by atoms with E-state index in [1.807, 2.05) is 0 Å². The number of aromatic nitrogens is 2. The first-order chi connectivity index (χ1) is 58.6. The third-order valence-corrected chi connectivity index (χ3v) is 20.9. The number of carbonyl (C=O) groups excluding carboxylic acids is 18. The van der Waals surface area contributed by atoms with E-state index >= 15 is 0 Å². The predicted molar refractivity (Wildman–Crippen MR) is 456 cm³/mol. The van der Waals surface area contributed by atoms with Gasteiger partial charge < -0.3 is 128 Å². The molecule has 47 nitrogen and oxygen atoms in total. The molecule has 125 heavy (non-hydrogen) atoms. The van der Waals surface area contributed by atoms with Crippen LogP contribution in [-0.2, 0) is 107 Å². The van der Waals surface area contributed by atoms with Crippen LogP contribution in [0, 0.1) is 29.1 Å². The summed E-state index contributed by atoms with van der Waals surface area (Å²) in [6.45, 7) is 13.6. The zero-order chi connectivity index (χ0) is 94.8. The summed E-state index contributed by atoms with van der Waals surface area (Å²) >= 11 is 9.88. The maximum absolute atomic E-state index is 14.6. The number of thiol groups is 2. The van der Waals surface area contributed by atoms with Gasteiger partial charge in [-0.05, 0) is 93.5 Å². The Hall–Kier alpha value is -11.6. The molecule has 50 heteroatoms. The van der Waals surface area contributed by atoms with Crippen LogP contribution in [0.5, 0.6) is 0 Å². The molecule has 0 unspecified atom stereocenters. The van der Waals surface area contributed by atoms with Gasteiger partial charge >= 0.3 is 17.9 Å². The number of carboxylic acid groups (broad SMARTS) is 3. The van der Waals surface area contributed by atoms with E-state index in [0.29, 0.717) is 5.75 Å². The van der Waals surface area contributed by atoms with Gasteiger partial charge in [0.05, 0.1) is 24.9 Å². The van der Waals surface area contributed by atoms with Crippen molar-refractivity contribution in [2.75, 3.05) is 36.6 Å². The smallest absolute Gasteiger partial charge is 0.305 e. The number of guanidine groups is 1. The number of H-pyrrole nitrogens is 1. The summed E-state index contributed by atoms with van der Waals surface area (Å²) in [4.78, 5) is 291. The minimum Gasteiger partial charge on any atom is -0.481 e. The highest BCUT2D eigenvalue weighted by atomic mass is 32.2. The molecule has 700 valence electrons. The number of aromatic amines is 1. The molecule has 0 saturated carbocycles. The van der Waals surface area contributed by atoms with Crippen molar-refractivity contribution >= 4 is 167 Å². The van der Waals surface area contributed by atoms with E-state index < -0.39 is 314 Å². The average molecular weight is 1830 g/mol. The Balaban J connectivity index is 2.48. The van der Waals surface area contributed by atoms with Crippen molar-refractivity contribution in [1.29, 1.82) is 5.41 Å². The van der Waals surface area contributed by atoms with E-state index in [4.69, 9.17) is 28.3 Å². The Morgan fingerprint density at radius 1 is 0.504 bits per heavy atom. The second-order valence-corrected chi connectivity index (χ2v) is 32.7. The molecule has 18 amide bonds. The molecule has 2 heterocycles. The van der Waals surface area contributed by atoms with E-state index in [0.717, 1.165) is 11.8 Å². The number of thioether (sulfide) groups is 1. The summed E-state index contributed by atoms with van der Waals surface area (Å²) in [6, 6.07) is -23.8. The number of carboxylic acids is 3. The molecule has 0 aliphatic carbocycles. The van der Waals surface area contributed by atoms with Crippen molar-refractivity contribution in [3.63, 3.8) is 0 Å². The maximum Gasteiger partial charge on any atom is 0.305 e. The molecule has 0 aromatic carbocycles. The predicted octanol–water partition coefficient (Wildman–Crippen LogP) is -7.14. The normalized spacial score (nSPS) is 16.0. The van der Waals surface area contributed by atoms with Crippen LogP contribution < -0.4 is 103 Å². The van der Waals surface area contributed by atoms with Crippen LogP contribution in [0.1, 0.15) is 164 Å². The fraction of sp³-hybridized carbons (Fsp3) is 0.667. The number of hydrogen-bond donors (Lipinski definition) is 26. The largest absolute Gasteiger partial charge is 0.481 e. The van der Waals surface area contributed by atoms with Crippen LogP contribution >= 0.6 is 37.0 Å². The van der Waals surface area contributed by atoms with E-state index in [1.165, 1.54) is 45.1 Å². The van der Waals surface area contributed by atoms with Gasteiger partial charge in [0.2, 0.25) is 106 Å². The number of carbonyl (C=O) groups is 21. The lowest BCUT2D eigenvalue weighted by atomic mass is 9.96. The number of imidazole rings is 1. The van der Waals surface area contributed by atoms with Gasteiger partial charge in [0.25, 0.3) is 0 Å². The number of aliphatic carboxylic acids is 3. The fourth-order valence-corrected chi connectivity index (χ4v) is 13.6. The Kier molecular flexibility index (Phi) is 48.7. The molecule has 1 aromatic heterocycles. The molecule has 0 radical (unpaired) electrons. The number of primary amides is 3. The highest BCUT2D eigenvalue weighted by Crippen LogP contribution is 2.22. The van der Waals surface area contributed by atoms with Crippen molar-refractivity contribution in [3.05, 3.63) is 18.2 Å². The first kappa shape index (κ1) is 109. The van der Waals surface area contributed by atoms with Crippen molar-refractivity contribution in [2.24, 2.45) is 46.6 Å². The van der Waals surface area contributed by atoms with E-state index in [-0.39, 0.29) is 63.7 Å². The van der Waals surface area contributed by atoms with Crippen molar-refractivity contribution in [1.82, 2.24) is 94.6 Å².